The third-order valence-corrected chi connectivity index (χ3v) is 5.64. The molecule has 1 unspecified atom stereocenters. The lowest BCUT2D eigenvalue weighted by Crippen LogP contribution is -2.45. The first-order chi connectivity index (χ1) is 12.4. The second-order valence-electron chi connectivity index (χ2n) is 7.70. The van der Waals surface area contributed by atoms with E-state index in [4.69, 9.17) is 9.47 Å². The molecule has 1 aromatic rings. The van der Waals surface area contributed by atoms with Crippen LogP contribution < -0.4 is 4.74 Å². The number of likely N-dealkylation sites (N-methyl/N-ethyl adjacent to an activating group) is 1. The van der Waals surface area contributed by atoms with Crippen LogP contribution in [0.15, 0.2) is 18.2 Å². The van der Waals surface area contributed by atoms with E-state index in [0.717, 1.165) is 24.3 Å². The number of esters is 1. The zero-order chi connectivity index (χ0) is 18.9. The van der Waals surface area contributed by atoms with Crippen LogP contribution in [0.1, 0.15) is 35.2 Å². The first-order valence-corrected chi connectivity index (χ1v) is 9.15. The van der Waals surface area contributed by atoms with Crippen LogP contribution in [-0.4, -0.2) is 68.6 Å². The molecule has 26 heavy (non-hydrogen) atoms. The van der Waals surface area contributed by atoms with Gasteiger partial charge in [-0.25, -0.2) is 0 Å². The van der Waals surface area contributed by atoms with Crippen molar-refractivity contribution in [3.63, 3.8) is 0 Å². The smallest absolute Gasteiger partial charge is 0.312 e. The van der Waals surface area contributed by atoms with E-state index in [1.807, 2.05) is 49.0 Å². The van der Waals surface area contributed by atoms with Crippen LogP contribution in [0.3, 0.4) is 0 Å². The number of carbonyl (C=O) groups excluding carboxylic acids is 2. The topological polar surface area (TPSA) is 59.1 Å². The molecule has 0 aromatic heterocycles. The molecular weight excluding hydrogens is 332 g/mol. The summed E-state index contributed by atoms with van der Waals surface area (Å²) in [4.78, 5) is 29.3. The Morgan fingerprint density at radius 3 is 2.65 bits per heavy atom. The Morgan fingerprint density at radius 1 is 1.35 bits per heavy atom. The third kappa shape index (κ3) is 3.43. The molecule has 142 valence electrons. The van der Waals surface area contributed by atoms with Crippen molar-refractivity contribution >= 4 is 11.9 Å². The predicted octanol–water partition coefficient (Wildman–Crippen LogP) is 2.10. The Labute approximate surface area is 155 Å². The molecule has 0 bridgehead atoms. The van der Waals surface area contributed by atoms with Crippen LogP contribution in [0, 0.1) is 12.3 Å². The van der Waals surface area contributed by atoms with Gasteiger partial charge in [-0.15, -0.1) is 0 Å². The number of rotatable bonds is 4. The Bertz CT molecular complexity index is 693. The van der Waals surface area contributed by atoms with Crippen molar-refractivity contribution in [2.24, 2.45) is 5.41 Å². The normalized spacial score (nSPS) is 22.0. The summed E-state index contributed by atoms with van der Waals surface area (Å²) in [6, 6.07) is 5.53. The number of cyclic esters (lactones) is 1. The lowest BCUT2D eigenvalue weighted by atomic mass is 9.76. The Balaban J connectivity index is 1.67. The Morgan fingerprint density at radius 2 is 2.04 bits per heavy atom. The van der Waals surface area contributed by atoms with Gasteiger partial charge >= 0.3 is 5.97 Å². The van der Waals surface area contributed by atoms with Crippen molar-refractivity contribution in [1.82, 2.24) is 9.80 Å². The monoisotopic (exact) mass is 360 g/mol. The number of likely N-dealkylation sites (tertiary alicyclic amines) is 1. The van der Waals surface area contributed by atoms with Gasteiger partial charge in [0.05, 0.1) is 12.5 Å². The average molecular weight is 360 g/mol. The highest BCUT2D eigenvalue weighted by atomic mass is 16.6. The summed E-state index contributed by atoms with van der Waals surface area (Å²) in [6.07, 6.45) is 2.06. The minimum atomic E-state index is -0.416. The second kappa shape index (κ2) is 7.27. The second-order valence-corrected chi connectivity index (χ2v) is 7.70. The zero-order valence-corrected chi connectivity index (χ0v) is 16.1. The number of benzene rings is 1. The molecule has 2 aliphatic heterocycles. The van der Waals surface area contributed by atoms with Gasteiger partial charge in [0.1, 0.15) is 11.9 Å². The van der Waals surface area contributed by atoms with Gasteiger partial charge in [-0.2, -0.15) is 0 Å². The van der Waals surface area contributed by atoms with E-state index < -0.39 is 5.41 Å². The lowest BCUT2D eigenvalue weighted by Gasteiger charge is -2.36. The molecular formula is C20H28N2O4. The van der Waals surface area contributed by atoms with Crippen molar-refractivity contribution in [2.45, 2.75) is 32.3 Å². The van der Waals surface area contributed by atoms with E-state index >= 15 is 0 Å². The minimum absolute atomic E-state index is 0.00690. The maximum Gasteiger partial charge on any atom is 0.312 e. The molecule has 0 aliphatic carbocycles. The fourth-order valence-electron chi connectivity index (χ4n) is 4.13. The van der Waals surface area contributed by atoms with E-state index in [1.165, 1.54) is 0 Å². The molecule has 0 radical (unpaired) electrons. The van der Waals surface area contributed by atoms with Gasteiger partial charge in [-0.05, 0) is 46.0 Å². The van der Waals surface area contributed by atoms with Gasteiger partial charge < -0.3 is 19.3 Å². The summed E-state index contributed by atoms with van der Waals surface area (Å²) in [6.45, 7) is 3.81. The molecule has 1 amide bonds. The largest absolute Gasteiger partial charge is 0.496 e. The number of nitrogens with zero attached hydrogens (tertiary/aromatic N) is 2. The van der Waals surface area contributed by atoms with Gasteiger partial charge in [0, 0.05) is 37.2 Å². The molecule has 6 nitrogen and oxygen atoms in total. The highest BCUT2D eigenvalue weighted by Crippen LogP contribution is 2.43. The number of piperidine rings is 1. The molecule has 2 saturated heterocycles. The summed E-state index contributed by atoms with van der Waals surface area (Å²) in [5, 5.41) is 0. The van der Waals surface area contributed by atoms with Crippen LogP contribution in [0.4, 0.5) is 0 Å². The number of amides is 1. The fourth-order valence-corrected chi connectivity index (χ4v) is 4.13. The molecule has 3 rings (SSSR count). The van der Waals surface area contributed by atoms with E-state index in [0.29, 0.717) is 31.5 Å². The molecule has 2 heterocycles. The summed E-state index contributed by atoms with van der Waals surface area (Å²) < 4.78 is 10.9. The van der Waals surface area contributed by atoms with E-state index in [9.17, 15) is 9.59 Å². The van der Waals surface area contributed by atoms with Crippen LogP contribution >= 0.6 is 0 Å². The van der Waals surface area contributed by atoms with Crippen molar-refractivity contribution in [3.8, 4) is 5.75 Å². The molecule has 1 aromatic carbocycles. The van der Waals surface area contributed by atoms with Gasteiger partial charge in [0.15, 0.2) is 0 Å². The van der Waals surface area contributed by atoms with E-state index in [1.54, 1.807) is 7.11 Å². The number of ether oxygens (including phenoxy) is 2. The lowest BCUT2D eigenvalue weighted by molar-refractivity contribution is -0.150. The maximum atomic E-state index is 12.9. The summed E-state index contributed by atoms with van der Waals surface area (Å²) in [5.74, 6) is 0.636. The van der Waals surface area contributed by atoms with Crippen molar-refractivity contribution in [1.29, 1.82) is 0 Å². The van der Waals surface area contributed by atoms with Crippen LogP contribution in [0.25, 0.3) is 0 Å². The van der Waals surface area contributed by atoms with Crippen molar-refractivity contribution < 1.29 is 19.1 Å². The first-order valence-electron chi connectivity index (χ1n) is 9.15. The van der Waals surface area contributed by atoms with Gasteiger partial charge in [0.2, 0.25) is 0 Å². The number of hydrogen-bond donors (Lipinski definition) is 0. The molecule has 6 heteroatoms. The highest BCUT2D eigenvalue weighted by Gasteiger charge is 2.50. The number of methoxy groups -OCH3 is 1. The number of carbonyl (C=O) groups is 2. The Kier molecular flexibility index (Phi) is 5.23. The molecule has 0 saturated carbocycles. The van der Waals surface area contributed by atoms with E-state index in [2.05, 4.69) is 0 Å². The molecule has 2 fully saturated rings. The maximum absolute atomic E-state index is 12.9. The number of hydrogen-bond acceptors (Lipinski definition) is 5. The Hall–Kier alpha value is -2.08. The standard InChI is InChI=1S/C20H28N2O4/c1-14-16(6-5-7-17(14)25-4)18(23)22-10-8-20(9-11-22)12-15(13-21(2)3)26-19(20)24/h5-7,15H,8-13H2,1-4H3. The predicted molar refractivity (Wildman–Crippen MR) is 98.4 cm³/mol. The molecule has 0 N–H and O–H groups in total. The van der Waals surface area contributed by atoms with Gasteiger partial charge in [-0.1, -0.05) is 6.07 Å². The summed E-state index contributed by atoms with van der Waals surface area (Å²) >= 11 is 0. The SMILES string of the molecule is COc1cccc(C(=O)N2CCC3(CC2)CC(CN(C)C)OC3=O)c1C. The highest BCUT2D eigenvalue weighted by molar-refractivity contribution is 5.96. The average Bonchev–Trinajstić information content (AvgIpc) is 2.89. The third-order valence-electron chi connectivity index (χ3n) is 5.64. The van der Waals surface area contributed by atoms with Crippen LogP contribution in [-0.2, 0) is 9.53 Å². The summed E-state index contributed by atoms with van der Waals surface area (Å²) in [5.41, 5.74) is 1.10. The zero-order valence-electron chi connectivity index (χ0n) is 16.1. The van der Waals surface area contributed by atoms with Gasteiger partial charge in [-0.3, -0.25) is 9.59 Å². The first kappa shape index (κ1) is 18.7. The molecule has 1 spiro atoms. The van der Waals surface area contributed by atoms with Gasteiger partial charge in [0.25, 0.3) is 5.91 Å². The van der Waals surface area contributed by atoms with Crippen LogP contribution in [0.2, 0.25) is 0 Å². The van der Waals surface area contributed by atoms with Crippen molar-refractivity contribution in [2.75, 3.05) is 40.8 Å². The van der Waals surface area contributed by atoms with E-state index in [-0.39, 0.29) is 18.0 Å². The molecule has 2 aliphatic rings. The fraction of sp³-hybridized carbons (Fsp3) is 0.600. The van der Waals surface area contributed by atoms with Crippen molar-refractivity contribution in [3.05, 3.63) is 29.3 Å². The summed E-state index contributed by atoms with van der Waals surface area (Å²) in [7, 11) is 5.57. The molecule has 1 atom stereocenters. The quantitative estimate of drug-likeness (QED) is 0.770. The minimum Gasteiger partial charge on any atom is -0.496 e. The van der Waals surface area contributed by atoms with Crippen LogP contribution in [0.5, 0.6) is 5.75 Å².